The SMILES string of the molecule is CS(=O)(=O)CCS(=O)(=O)CC(=O)C1CCOC1. The molecule has 0 aromatic rings. The number of hydrogen-bond acceptors (Lipinski definition) is 6. The van der Waals surface area contributed by atoms with E-state index in [0.717, 1.165) is 6.26 Å². The minimum absolute atomic E-state index is 0.264. The van der Waals surface area contributed by atoms with Gasteiger partial charge in [-0.25, -0.2) is 16.8 Å². The zero-order chi connectivity index (χ0) is 13.1. The summed E-state index contributed by atoms with van der Waals surface area (Å²) in [7, 11) is -6.96. The quantitative estimate of drug-likeness (QED) is 0.624. The first-order valence-electron chi connectivity index (χ1n) is 5.18. The van der Waals surface area contributed by atoms with E-state index in [9.17, 15) is 21.6 Å². The van der Waals surface area contributed by atoms with Crippen LogP contribution in [0, 0.1) is 5.92 Å². The monoisotopic (exact) mass is 284 g/mol. The van der Waals surface area contributed by atoms with E-state index in [1.165, 1.54) is 0 Å². The summed E-state index contributed by atoms with van der Waals surface area (Å²) in [5, 5.41) is 0. The van der Waals surface area contributed by atoms with E-state index in [0.29, 0.717) is 13.0 Å². The molecule has 1 rings (SSSR count). The molecule has 1 atom stereocenters. The topological polar surface area (TPSA) is 94.6 Å². The van der Waals surface area contributed by atoms with Gasteiger partial charge in [-0.2, -0.15) is 0 Å². The number of sulfone groups is 2. The van der Waals surface area contributed by atoms with E-state index in [4.69, 9.17) is 4.74 Å². The largest absolute Gasteiger partial charge is 0.381 e. The van der Waals surface area contributed by atoms with Crippen molar-refractivity contribution in [1.82, 2.24) is 0 Å². The Morgan fingerprint density at radius 2 is 1.88 bits per heavy atom. The van der Waals surface area contributed by atoms with Crippen molar-refractivity contribution in [2.75, 3.05) is 36.7 Å². The molecule has 0 N–H and O–H groups in total. The third kappa shape index (κ3) is 5.60. The lowest BCUT2D eigenvalue weighted by atomic mass is 10.1. The Morgan fingerprint density at radius 3 is 2.35 bits per heavy atom. The molecule has 6 nitrogen and oxygen atoms in total. The maximum absolute atomic E-state index is 11.6. The molecule has 1 saturated heterocycles. The van der Waals surface area contributed by atoms with Crippen LogP contribution in [0.4, 0.5) is 0 Å². The van der Waals surface area contributed by atoms with Gasteiger partial charge in [-0.3, -0.25) is 4.79 Å². The molecule has 17 heavy (non-hydrogen) atoms. The summed E-state index contributed by atoms with van der Waals surface area (Å²) in [6.45, 7) is 0.736. The smallest absolute Gasteiger partial charge is 0.158 e. The second-order valence-corrected chi connectivity index (χ2v) is 8.69. The van der Waals surface area contributed by atoms with E-state index in [1.807, 2.05) is 0 Å². The molecule has 0 aliphatic carbocycles. The molecule has 1 unspecified atom stereocenters. The van der Waals surface area contributed by atoms with Gasteiger partial charge in [0, 0.05) is 18.8 Å². The zero-order valence-electron chi connectivity index (χ0n) is 9.59. The van der Waals surface area contributed by atoms with Crippen molar-refractivity contribution < 1.29 is 26.4 Å². The van der Waals surface area contributed by atoms with Crippen LogP contribution in [0.2, 0.25) is 0 Å². The molecular weight excluding hydrogens is 268 g/mol. The summed E-state index contributed by atoms with van der Waals surface area (Å²) < 4.78 is 49.7. The van der Waals surface area contributed by atoms with Crippen molar-refractivity contribution in [3.63, 3.8) is 0 Å². The lowest BCUT2D eigenvalue weighted by Gasteiger charge is -2.07. The van der Waals surface area contributed by atoms with Crippen molar-refractivity contribution in [2.45, 2.75) is 6.42 Å². The Kier molecular flexibility index (Phi) is 4.68. The Labute approximate surface area is 101 Å². The maximum atomic E-state index is 11.6. The fraction of sp³-hybridized carbons (Fsp3) is 0.889. The van der Waals surface area contributed by atoms with Crippen LogP contribution < -0.4 is 0 Å². The van der Waals surface area contributed by atoms with Gasteiger partial charge in [0.15, 0.2) is 15.6 Å². The number of ketones is 1. The fourth-order valence-corrected chi connectivity index (χ4v) is 4.51. The predicted molar refractivity (Wildman–Crippen MR) is 62.3 cm³/mol. The van der Waals surface area contributed by atoms with E-state index in [-0.39, 0.29) is 18.3 Å². The highest BCUT2D eigenvalue weighted by Crippen LogP contribution is 2.14. The van der Waals surface area contributed by atoms with Gasteiger partial charge >= 0.3 is 0 Å². The molecule has 100 valence electrons. The average Bonchev–Trinajstić information content (AvgIpc) is 2.66. The first-order valence-corrected chi connectivity index (χ1v) is 9.06. The summed E-state index contributed by atoms with van der Waals surface area (Å²) in [6.07, 6.45) is 1.51. The molecule has 0 radical (unpaired) electrons. The molecule has 0 amide bonds. The van der Waals surface area contributed by atoms with Crippen molar-refractivity contribution in [3.8, 4) is 0 Å². The number of rotatable bonds is 6. The fourth-order valence-electron chi connectivity index (χ4n) is 1.47. The zero-order valence-corrected chi connectivity index (χ0v) is 11.2. The first-order chi connectivity index (χ1) is 7.70. The third-order valence-corrected chi connectivity index (χ3v) is 5.27. The summed E-state index contributed by atoms with van der Waals surface area (Å²) in [5.41, 5.74) is 0. The van der Waals surface area contributed by atoms with Gasteiger partial charge in [0.05, 0.1) is 18.1 Å². The van der Waals surface area contributed by atoms with Crippen LogP contribution >= 0.6 is 0 Å². The van der Waals surface area contributed by atoms with Gasteiger partial charge < -0.3 is 4.74 Å². The summed E-state index contributed by atoms with van der Waals surface area (Å²) in [6, 6.07) is 0. The predicted octanol–water partition coefficient (Wildman–Crippen LogP) is -0.949. The van der Waals surface area contributed by atoms with Crippen LogP contribution in [0.25, 0.3) is 0 Å². The average molecular weight is 284 g/mol. The second kappa shape index (κ2) is 5.45. The number of carbonyl (C=O) groups excluding carboxylic acids is 1. The van der Waals surface area contributed by atoms with E-state index < -0.39 is 36.9 Å². The number of hydrogen-bond donors (Lipinski definition) is 0. The van der Waals surface area contributed by atoms with Crippen molar-refractivity contribution in [1.29, 1.82) is 0 Å². The minimum atomic E-state index is -3.64. The van der Waals surface area contributed by atoms with Crippen molar-refractivity contribution >= 4 is 25.5 Å². The Balaban J connectivity index is 2.51. The highest BCUT2D eigenvalue weighted by molar-refractivity contribution is 7.95. The number of ether oxygens (including phenoxy) is 1. The number of carbonyl (C=O) groups is 1. The molecule has 1 aliphatic heterocycles. The molecule has 0 bridgehead atoms. The Bertz CT molecular complexity index is 470. The Hall–Kier alpha value is -0.470. The van der Waals surface area contributed by atoms with E-state index >= 15 is 0 Å². The third-order valence-electron chi connectivity index (χ3n) is 2.51. The van der Waals surface area contributed by atoms with Crippen LogP contribution in [0.1, 0.15) is 6.42 Å². The standard InChI is InChI=1S/C9H16O6S2/c1-16(11,12)4-5-17(13,14)7-9(10)8-2-3-15-6-8/h8H,2-7H2,1H3. The van der Waals surface area contributed by atoms with Crippen LogP contribution in [-0.4, -0.2) is 59.3 Å². The highest BCUT2D eigenvalue weighted by Gasteiger charge is 2.28. The van der Waals surface area contributed by atoms with Gasteiger partial charge in [-0.1, -0.05) is 0 Å². The van der Waals surface area contributed by atoms with E-state index in [2.05, 4.69) is 0 Å². The van der Waals surface area contributed by atoms with Gasteiger partial charge in [0.25, 0.3) is 0 Å². The minimum Gasteiger partial charge on any atom is -0.381 e. The van der Waals surface area contributed by atoms with Crippen LogP contribution in [0.5, 0.6) is 0 Å². The van der Waals surface area contributed by atoms with Gasteiger partial charge in [0.2, 0.25) is 0 Å². The first kappa shape index (κ1) is 14.6. The van der Waals surface area contributed by atoms with Gasteiger partial charge in [-0.05, 0) is 6.42 Å². The normalized spacial score (nSPS) is 21.6. The molecule has 0 spiro atoms. The number of Topliss-reactive ketones (excluding diaryl/α,β-unsaturated/α-hetero) is 1. The van der Waals surface area contributed by atoms with Crippen LogP contribution in [0.15, 0.2) is 0 Å². The summed E-state index contributed by atoms with van der Waals surface area (Å²) in [4.78, 5) is 11.6. The highest BCUT2D eigenvalue weighted by atomic mass is 32.2. The molecule has 0 aromatic carbocycles. The summed E-state index contributed by atoms with van der Waals surface area (Å²) in [5.74, 6) is -2.26. The molecule has 1 aliphatic rings. The maximum Gasteiger partial charge on any atom is 0.158 e. The van der Waals surface area contributed by atoms with Gasteiger partial charge in [0.1, 0.15) is 15.6 Å². The molecule has 8 heteroatoms. The van der Waals surface area contributed by atoms with Crippen LogP contribution in [0.3, 0.4) is 0 Å². The molecular formula is C9H16O6S2. The summed E-state index contributed by atoms with van der Waals surface area (Å²) >= 11 is 0. The lowest BCUT2D eigenvalue weighted by Crippen LogP contribution is -2.27. The van der Waals surface area contributed by atoms with Crippen molar-refractivity contribution in [3.05, 3.63) is 0 Å². The van der Waals surface area contributed by atoms with Crippen LogP contribution in [-0.2, 0) is 29.2 Å². The molecule has 0 aromatic heterocycles. The Morgan fingerprint density at radius 1 is 1.24 bits per heavy atom. The van der Waals surface area contributed by atoms with Gasteiger partial charge in [-0.15, -0.1) is 0 Å². The van der Waals surface area contributed by atoms with Crippen molar-refractivity contribution in [2.24, 2.45) is 5.92 Å². The molecule has 1 heterocycles. The molecule has 1 fully saturated rings. The lowest BCUT2D eigenvalue weighted by molar-refractivity contribution is -0.120. The second-order valence-electron chi connectivity index (χ2n) is 4.25. The molecule has 0 saturated carbocycles. The van der Waals surface area contributed by atoms with E-state index in [1.54, 1.807) is 0 Å².